The Bertz CT molecular complexity index is 1240. The number of H-pyrrole nitrogens is 1. The highest BCUT2D eigenvalue weighted by Gasteiger charge is 2.17. The maximum absolute atomic E-state index is 11.6. The Kier molecular flexibility index (Phi) is 5.13. The fourth-order valence-corrected chi connectivity index (χ4v) is 3.12. The molecule has 0 saturated carbocycles. The average molecular weight is 403 g/mol. The largest absolute Gasteiger partial charge is 0.488 e. The van der Waals surface area contributed by atoms with Crippen LogP contribution in [0.5, 0.6) is 0 Å². The van der Waals surface area contributed by atoms with Crippen LogP contribution in [0.25, 0.3) is 22.4 Å². The SMILES string of the molecule is Cc1nc(NCc2cccc(B(O)O)c2)nc(-c2[nH]nc3c(C(N)=O)cccc23)n1. The third-order valence-corrected chi connectivity index (χ3v) is 4.52. The second kappa shape index (κ2) is 7.89. The minimum Gasteiger partial charge on any atom is -0.423 e. The molecule has 6 N–H and O–H groups in total. The first-order valence-electron chi connectivity index (χ1n) is 9.11. The van der Waals surface area contributed by atoms with Gasteiger partial charge >= 0.3 is 7.12 Å². The van der Waals surface area contributed by atoms with Crippen molar-refractivity contribution >= 4 is 35.3 Å². The first kappa shape index (κ1) is 19.5. The van der Waals surface area contributed by atoms with Gasteiger partial charge in [0, 0.05) is 11.9 Å². The molecule has 0 atom stereocenters. The van der Waals surface area contributed by atoms with Crippen molar-refractivity contribution in [3.8, 4) is 11.5 Å². The number of benzene rings is 2. The number of aromatic nitrogens is 5. The number of aromatic amines is 1. The third-order valence-electron chi connectivity index (χ3n) is 4.52. The van der Waals surface area contributed by atoms with E-state index < -0.39 is 13.0 Å². The predicted octanol–water partition coefficient (Wildman–Crippen LogP) is 0.114. The van der Waals surface area contributed by atoms with E-state index in [0.717, 1.165) is 5.56 Å². The van der Waals surface area contributed by atoms with Crippen molar-refractivity contribution in [2.75, 3.05) is 5.32 Å². The molecule has 0 aliphatic heterocycles. The average Bonchev–Trinajstić information content (AvgIpc) is 3.16. The van der Waals surface area contributed by atoms with Crippen LogP contribution in [0.15, 0.2) is 42.5 Å². The zero-order valence-electron chi connectivity index (χ0n) is 16.0. The molecule has 2 aromatic heterocycles. The van der Waals surface area contributed by atoms with Crippen molar-refractivity contribution in [1.29, 1.82) is 0 Å². The second-order valence-corrected chi connectivity index (χ2v) is 6.67. The summed E-state index contributed by atoms with van der Waals surface area (Å²) in [6, 6.07) is 12.0. The number of hydrogen-bond acceptors (Lipinski definition) is 8. The Hall–Kier alpha value is -3.83. The number of anilines is 1. The summed E-state index contributed by atoms with van der Waals surface area (Å²) >= 11 is 0. The summed E-state index contributed by atoms with van der Waals surface area (Å²) in [5.41, 5.74) is 7.96. The molecule has 0 bridgehead atoms. The van der Waals surface area contributed by atoms with Crippen LogP contribution in [-0.2, 0) is 6.54 Å². The van der Waals surface area contributed by atoms with Gasteiger partial charge in [-0.25, -0.2) is 4.98 Å². The Morgan fingerprint density at radius 3 is 2.73 bits per heavy atom. The van der Waals surface area contributed by atoms with Crippen LogP contribution < -0.4 is 16.5 Å². The zero-order valence-corrected chi connectivity index (χ0v) is 16.0. The number of hydrogen-bond donors (Lipinski definition) is 5. The number of carbonyl (C=O) groups is 1. The lowest BCUT2D eigenvalue weighted by Gasteiger charge is -2.08. The van der Waals surface area contributed by atoms with Crippen LogP contribution in [0.3, 0.4) is 0 Å². The van der Waals surface area contributed by atoms with E-state index in [4.69, 9.17) is 5.73 Å². The first-order chi connectivity index (χ1) is 14.4. The highest BCUT2D eigenvalue weighted by atomic mass is 16.4. The van der Waals surface area contributed by atoms with E-state index in [1.165, 1.54) is 0 Å². The van der Waals surface area contributed by atoms with Crippen LogP contribution in [0.2, 0.25) is 0 Å². The summed E-state index contributed by atoms with van der Waals surface area (Å²) in [5.74, 6) is 0.647. The number of nitrogens with one attached hydrogen (secondary N) is 2. The standard InChI is InChI=1S/C19H18BN7O3/c1-10-23-18(16-13-6-3-7-14(17(21)28)15(13)26-27-16)25-19(24-10)22-9-11-4-2-5-12(8-11)20(29)30/h2-8,29-30H,9H2,1H3,(H2,21,28)(H,26,27)(H,22,23,24,25). The predicted molar refractivity (Wildman–Crippen MR) is 112 cm³/mol. The van der Waals surface area contributed by atoms with Gasteiger partial charge in [-0.1, -0.05) is 36.4 Å². The summed E-state index contributed by atoms with van der Waals surface area (Å²) in [4.78, 5) is 24.8. The molecule has 0 radical (unpaired) electrons. The second-order valence-electron chi connectivity index (χ2n) is 6.67. The third kappa shape index (κ3) is 3.84. The molecule has 2 heterocycles. The molecule has 0 spiro atoms. The van der Waals surface area contributed by atoms with Gasteiger partial charge in [-0.2, -0.15) is 15.1 Å². The van der Waals surface area contributed by atoms with Gasteiger partial charge in [0.25, 0.3) is 5.91 Å². The van der Waals surface area contributed by atoms with Crippen molar-refractivity contribution in [2.24, 2.45) is 5.73 Å². The molecule has 10 nitrogen and oxygen atoms in total. The molecule has 1 amide bonds. The van der Waals surface area contributed by atoms with Crippen LogP contribution in [0.4, 0.5) is 5.95 Å². The number of nitrogens with two attached hydrogens (primary N) is 1. The summed E-state index contributed by atoms with van der Waals surface area (Å²) in [7, 11) is -1.53. The summed E-state index contributed by atoms with van der Waals surface area (Å²) in [5, 5.41) is 29.5. The van der Waals surface area contributed by atoms with E-state index in [1.807, 2.05) is 6.07 Å². The zero-order chi connectivity index (χ0) is 21.3. The molecular weight excluding hydrogens is 385 g/mol. The van der Waals surface area contributed by atoms with Crippen LogP contribution in [-0.4, -0.2) is 48.2 Å². The van der Waals surface area contributed by atoms with Crippen LogP contribution in [0.1, 0.15) is 21.7 Å². The van der Waals surface area contributed by atoms with Crippen molar-refractivity contribution in [3.63, 3.8) is 0 Å². The number of para-hydroxylation sites is 1. The smallest absolute Gasteiger partial charge is 0.423 e. The number of fused-ring (bicyclic) bond motifs is 1. The Morgan fingerprint density at radius 1 is 1.17 bits per heavy atom. The van der Waals surface area contributed by atoms with Gasteiger partial charge < -0.3 is 21.1 Å². The highest BCUT2D eigenvalue weighted by Crippen LogP contribution is 2.26. The fourth-order valence-electron chi connectivity index (χ4n) is 3.12. The van der Waals surface area contributed by atoms with E-state index >= 15 is 0 Å². The maximum atomic E-state index is 11.6. The first-order valence-corrected chi connectivity index (χ1v) is 9.11. The van der Waals surface area contributed by atoms with E-state index in [2.05, 4.69) is 30.5 Å². The van der Waals surface area contributed by atoms with Gasteiger partial charge in [0.2, 0.25) is 5.95 Å². The van der Waals surface area contributed by atoms with Gasteiger partial charge in [-0.15, -0.1) is 0 Å². The summed E-state index contributed by atoms with van der Waals surface area (Å²) in [6.45, 7) is 2.12. The van der Waals surface area contributed by atoms with Crippen LogP contribution >= 0.6 is 0 Å². The highest BCUT2D eigenvalue weighted by molar-refractivity contribution is 6.58. The molecule has 150 valence electrons. The van der Waals surface area contributed by atoms with E-state index in [0.29, 0.717) is 51.8 Å². The molecule has 4 aromatic rings. The molecule has 0 unspecified atom stereocenters. The Balaban J connectivity index is 1.64. The lowest BCUT2D eigenvalue weighted by atomic mass is 9.80. The molecule has 4 rings (SSSR count). The fraction of sp³-hybridized carbons (Fsp3) is 0.105. The number of aryl methyl sites for hydroxylation is 1. The van der Waals surface area contributed by atoms with Crippen molar-refractivity contribution in [2.45, 2.75) is 13.5 Å². The van der Waals surface area contributed by atoms with Crippen LogP contribution in [0, 0.1) is 6.92 Å². The van der Waals surface area contributed by atoms with Gasteiger partial charge in [0.05, 0.1) is 5.56 Å². The minimum atomic E-state index is -1.53. The number of nitrogens with zero attached hydrogens (tertiary/aromatic N) is 4. The van der Waals surface area contributed by atoms with Crippen molar-refractivity contribution in [3.05, 3.63) is 59.4 Å². The summed E-state index contributed by atoms with van der Waals surface area (Å²) < 4.78 is 0. The topological polar surface area (TPSA) is 163 Å². The quantitative estimate of drug-likeness (QED) is 0.283. The molecular formula is C19H18BN7O3. The Morgan fingerprint density at radius 2 is 1.97 bits per heavy atom. The van der Waals surface area contributed by atoms with Crippen molar-refractivity contribution in [1.82, 2.24) is 25.1 Å². The number of carbonyl (C=O) groups excluding carboxylic acids is 1. The monoisotopic (exact) mass is 403 g/mol. The van der Waals surface area contributed by atoms with E-state index in [9.17, 15) is 14.8 Å². The number of amides is 1. The normalized spacial score (nSPS) is 10.9. The summed E-state index contributed by atoms with van der Waals surface area (Å²) in [6.07, 6.45) is 0. The number of primary amides is 1. The van der Waals surface area contributed by atoms with E-state index in [-0.39, 0.29) is 0 Å². The molecule has 2 aromatic carbocycles. The molecule has 30 heavy (non-hydrogen) atoms. The van der Waals surface area contributed by atoms with Gasteiger partial charge in [0.1, 0.15) is 17.0 Å². The number of rotatable bonds is 6. The minimum absolute atomic E-state index is 0.310. The van der Waals surface area contributed by atoms with E-state index in [1.54, 1.807) is 43.3 Å². The molecule has 0 aliphatic carbocycles. The lowest BCUT2D eigenvalue weighted by molar-refractivity contribution is 0.100. The maximum Gasteiger partial charge on any atom is 0.488 e. The van der Waals surface area contributed by atoms with Gasteiger partial charge in [-0.05, 0) is 24.0 Å². The molecule has 0 fully saturated rings. The molecule has 0 saturated heterocycles. The molecule has 0 aliphatic rings. The van der Waals surface area contributed by atoms with Gasteiger partial charge in [-0.3, -0.25) is 9.89 Å². The molecule has 11 heteroatoms. The van der Waals surface area contributed by atoms with Gasteiger partial charge in [0.15, 0.2) is 5.82 Å². The Labute approximate surface area is 171 Å². The lowest BCUT2D eigenvalue weighted by Crippen LogP contribution is -2.30. The van der Waals surface area contributed by atoms with Crippen molar-refractivity contribution < 1.29 is 14.8 Å².